The zero-order valence-corrected chi connectivity index (χ0v) is 24.6. The second-order valence-corrected chi connectivity index (χ2v) is 11.1. The summed E-state index contributed by atoms with van der Waals surface area (Å²) in [5.41, 5.74) is 2.74. The van der Waals surface area contributed by atoms with Gasteiger partial charge in [-0.1, -0.05) is 36.9 Å². The Bertz CT molecular complexity index is 1670. The number of amidine groups is 1. The number of halogens is 1. The van der Waals surface area contributed by atoms with E-state index in [2.05, 4.69) is 33.3 Å². The molecule has 4 N–H and O–H groups in total. The van der Waals surface area contributed by atoms with Crippen molar-refractivity contribution in [3.05, 3.63) is 102 Å². The molecule has 13 heteroatoms. The lowest BCUT2D eigenvalue weighted by atomic mass is 10.1. The highest BCUT2D eigenvalue weighted by atomic mass is 35.5. The molecule has 3 rings (SSSR count). The lowest BCUT2D eigenvalue weighted by molar-refractivity contribution is 0.397. The van der Waals surface area contributed by atoms with Crippen molar-refractivity contribution in [3.8, 4) is 5.88 Å². The smallest absolute Gasteiger partial charge is 0.239 e. The SMILES string of the molecule is C=C(OC(=N\N)/C(C)=C(C)/C(=N/N)N(C(=C)c1ccc(S(C)(=O)=O)cn1)c1ccccc1Cl)c1ccnc(OC)c1. The van der Waals surface area contributed by atoms with Crippen LogP contribution >= 0.6 is 11.6 Å². The highest BCUT2D eigenvalue weighted by molar-refractivity contribution is 7.90. The van der Waals surface area contributed by atoms with Crippen LogP contribution in [0.25, 0.3) is 11.5 Å². The second-order valence-electron chi connectivity index (χ2n) is 8.63. The number of aromatic nitrogens is 2. The van der Waals surface area contributed by atoms with E-state index in [4.69, 9.17) is 32.8 Å². The fourth-order valence-electron chi connectivity index (χ4n) is 3.63. The Hall–Kier alpha value is -4.68. The number of para-hydroxylation sites is 1. The van der Waals surface area contributed by atoms with Gasteiger partial charge < -0.3 is 21.2 Å². The maximum absolute atomic E-state index is 11.9. The fourth-order valence-corrected chi connectivity index (χ4v) is 4.41. The number of benzene rings is 1. The molecule has 0 aliphatic carbocycles. The lowest BCUT2D eigenvalue weighted by Gasteiger charge is -2.29. The van der Waals surface area contributed by atoms with Crippen molar-refractivity contribution >= 4 is 50.3 Å². The van der Waals surface area contributed by atoms with E-state index in [1.165, 1.54) is 25.4 Å². The van der Waals surface area contributed by atoms with Gasteiger partial charge in [0.05, 0.1) is 34.1 Å². The minimum atomic E-state index is -3.45. The molecule has 0 aliphatic heterocycles. The van der Waals surface area contributed by atoms with Crippen LogP contribution in [0.5, 0.6) is 5.88 Å². The molecular weight excluding hydrogens is 566 g/mol. The first-order valence-corrected chi connectivity index (χ1v) is 14.2. The molecule has 0 unspecified atom stereocenters. The van der Waals surface area contributed by atoms with E-state index >= 15 is 0 Å². The normalized spacial score (nSPS) is 12.8. The molecule has 0 spiro atoms. The maximum Gasteiger partial charge on any atom is 0.239 e. The van der Waals surface area contributed by atoms with Crippen molar-refractivity contribution in [3.63, 3.8) is 0 Å². The van der Waals surface area contributed by atoms with Crippen LogP contribution in [0.15, 0.2) is 100 Å². The van der Waals surface area contributed by atoms with Crippen LogP contribution in [-0.2, 0) is 14.6 Å². The summed E-state index contributed by atoms with van der Waals surface area (Å²) in [6.07, 6.45) is 3.91. The summed E-state index contributed by atoms with van der Waals surface area (Å²) >= 11 is 6.58. The Morgan fingerprint density at radius 3 is 2.29 bits per heavy atom. The van der Waals surface area contributed by atoms with Crippen molar-refractivity contribution in [2.24, 2.45) is 21.9 Å². The minimum absolute atomic E-state index is 0.0461. The van der Waals surface area contributed by atoms with Crippen LogP contribution in [0.2, 0.25) is 5.02 Å². The van der Waals surface area contributed by atoms with Crippen LogP contribution in [0, 0.1) is 0 Å². The number of hydrogen-bond donors (Lipinski definition) is 2. The molecule has 0 radical (unpaired) electrons. The number of sulfone groups is 1. The van der Waals surface area contributed by atoms with E-state index in [-0.39, 0.29) is 22.4 Å². The number of pyridine rings is 2. The van der Waals surface area contributed by atoms with Crippen LogP contribution in [0.4, 0.5) is 5.69 Å². The Morgan fingerprint density at radius 2 is 1.73 bits per heavy atom. The van der Waals surface area contributed by atoms with Gasteiger partial charge in [0.25, 0.3) is 0 Å². The number of hydrogen-bond acceptors (Lipinski definition) is 10. The van der Waals surface area contributed by atoms with Gasteiger partial charge in [0, 0.05) is 41.4 Å². The van der Waals surface area contributed by atoms with Crippen LogP contribution in [-0.4, -0.2) is 43.5 Å². The first-order valence-electron chi connectivity index (χ1n) is 11.9. The Balaban J connectivity index is 2.07. The van der Waals surface area contributed by atoms with Crippen molar-refractivity contribution in [2.45, 2.75) is 18.7 Å². The van der Waals surface area contributed by atoms with E-state index < -0.39 is 9.84 Å². The van der Waals surface area contributed by atoms with Gasteiger partial charge in [0.1, 0.15) is 5.76 Å². The molecule has 0 bridgehead atoms. The van der Waals surface area contributed by atoms with Crippen molar-refractivity contribution in [1.29, 1.82) is 0 Å². The van der Waals surface area contributed by atoms with Gasteiger partial charge in [-0.05, 0) is 44.2 Å². The molecule has 3 aromatic rings. The summed E-state index contributed by atoms with van der Waals surface area (Å²) in [5.74, 6) is 12.5. The summed E-state index contributed by atoms with van der Waals surface area (Å²) in [7, 11) is -1.95. The van der Waals surface area contributed by atoms with Gasteiger partial charge >= 0.3 is 0 Å². The van der Waals surface area contributed by atoms with Gasteiger partial charge in [-0.3, -0.25) is 9.88 Å². The number of methoxy groups -OCH3 is 1. The van der Waals surface area contributed by atoms with E-state index in [1.807, 2.05) is 0 Å². The van der Waals surface area contributed by atoms with E-state index in [9.17, 15) is 8.42 Å². The summed E-state index contributed by atoms with van der Waals surface area (Å²) in [4.78, 5) is 10.0. The van der Waals surface area contributed by atoms with Crippen LogP contribution in [0.3, 0.4) is 0 Å². The summed E-state index contributed by atoms with van der Waals surface area (Å²) < 4.78 is 35.0. The van der Waals surface area contributed by atoms with E-state index in [0.717, 1.165) is 6.26 Å². The molecular formula is C28H30ClN7O4S. The number of ether oxygens (including phenoxy) is 2. The zero-order valence-electron chi connectivity index (χ0n) is 23.0. The molecule has 0 amide bonds. The molecule has 11 nitrogen and oxygen atoms in total. The molecule has 0 aliphatic rings. The predicted molar refractivity (Wildman–Crippen MR) is 163 cm³/mol. The first-order chi connectivity index (χ1) is 19.4. The Labute approximate surface area is 244 Å². The van der Waals surface area contributed by atoms with Gasteiger partial charge in [-0.25, -0.2) is 13.4 Å². The molecule has 0 saturated heterocycles. The fraction of sp³-hybridized carbons (Fsp3) is 0.143. The highest BCUT2D eigenvalue weighted by Crippen LogP contribution is 2.33. The van der Waals surface area contributed by atoms with Crippen molar-refractivity contribution in [2.75, 3.05) is 18.3 Å². The largest absolute Gasteiger partial charge is 0.481 e. The average molecular weight is 596 g/mol. The van der Waals surface area contributed by atoms with Crippen molar-refractivity contribution in [1.82, 2.24) is 9.97 Å². The lowest BCUT2D eigenvalue weighted by Crippen LogP contribution is -2.33. The first kappa shape index (κ1) is 30.9. The molecule has 0 saturated carbocycles. The van der Waals surface area contributed by atoms with Crippen LogP contribution < -0.4 is 21.3 Å². The third kappa shape index (κ3) is 7.10. The maximum atomic E-state index is 11.9. The predicted octanol–water partition coefficient (Wildman–Crippen LogP) is 4.59. The monoisotopic (exact) mass is 595 g/mol. The molecule has 41 heavy (non-hydrogen) atoms. The minimum Gasteiger partial charge on any atom is -0.481 e. The van der Waals surface area contributed by atoms with Crippen molar-refractivity contribution < 1.29 is 17.9 Å². The zero-order chi connectivity index (χ0) is 30.3. The average Bonchev–Trinajstić information content (AvgIpc) is 2.97. The number of anilines is 1. The summed E-state index contributed by atoms with van der Waals surface area (Å²) in [6.45, 7) is 11.6. The third-order valence-corrected chi connectivity index (χ3v) is 7.40. The molecule has 0 fully saturated rings. The van der Waals surface area contributed by atoms with Gasteiger partial charge in [-0.2, -0.15) is 5.10 Å². The third-order valence-electron chi connectivity index (χ3n) is 5.98. The molecule has 214 valence electrons. The number of nitrogens with two attached hydrogens (primary N) is 2. The van der Waals surface area contributed by atoms with E-state index in [1.54, 1.807) is 61.3 Å². The number of rotatable bonds is 9. The molecule has 0 atom stereocenters. The number of nitrogens with zero attached hydrogens (tertiary/aromatic N) is 5. The quantitative estimate of drug-likeness (QED) is 0.119. The second kappa shape index (κ2) is 13.1. The molecule has 2 heterocycles. The number of hydrazone groups is 2. The summed E-state index contributed by atoms with van der Waals surface area (Å²) in [5, 5.41) is 8.24. The van der Waals surface area contributed by atoms with Gasteiger partial charge in [0.2, 0.25) is 11.8 Å². The summed E-state index contributed by atoms with van der Waals surface area (Å²) in [6, 6.07) is 13.3. The Morgan fingerprint density at radius 1 is 1.02 bits per heavy atom. The molecule has 2 aromatic heterocycles. The van der Waals surface area contributed by atoms with E-state index in [0.29, 0.717) is 44.7 Å². The highest BCUT2D eigenvalue weighted by Gasteiger charge is 2.25. The Kier molecular flexibility index (Phi) is 9.87. The molecule has 1 aromatic carbocycles. The standard InChI is InChI=1S/C28H30ClN7O4S/c1-17(18(2)28(35-31)40-20(4)21-13-14-32-26(15-21)39-5)27(34-30)36(25-10-8-7-9-23(25)29)19(3)24-12-11-22(16-33-24)41(6,37)38/h7-16H,3-4,30-31H2,1-2,5-6H3/b18-17+,34-27-,35-28-. The van der Waals surface area contributed by atoms with Crippen LogP contribution in [0.1, 0.15) is 25.1 Å². The van der Waals surface area contributed by atoms with Gasteiger partial charge in [0.15, 0.2) is 15.7 Å². The topological polar surface area (TPSA) is 158 Å². The van der Waals surface area contributed by atoms with Gasteiger partial charge in [-0.15, -0.1) is 5.10 Å².